The predicted octanol–water partition coefficient (Wildman–Crippen LogP) is 6.21. The number of aliphatic imine (C=N–C) groups is 1. The Labute approximate surface area is 195 Å². The van der Waals surface area contributed by atoms with Crippen LogP contribution in [0.15, 0.2) is 39.9 Å². The van der Waals surface area contributed by atoms with Crippen LogP contribution >= 0.6 is 35.0 Å². The summed E-state index contributed by atoms with van der Waals surface area (Å²) in [5, 5.41) is 17.0. The quantitative estimate of drug-likeness (QED) is 0.524. The number of nitrogens with zero attached hydrogens (tertiary/aromatic N) is 4. The van der Waals surface area contributed by atoms with Crippen molar-refractivity contribution in [1.82, 2.24) is 9.58 Å². The summed E-state index contributed by atoms with van der Waals surface area (Å²) in [5.41, 5.74) is 3.68. The summed E-state index contributed by atoms with van der Waals surface area (Å²) in [7, 11) is 0. The average Bonchev–Trinajstić information content (AvgIpc) is 3.24. The summed E-state index contributed by atoms with van der Waals surface area (Å²) in [6, 6.07) is 7.31. The van der Waals surface area contributed by atoms with Crippen LogP contribution in [0.1, 0.15) is 43.1 Å². The number of nitrogens with one attached hydrogen (secondary N) is 1. The largest absolute Gasteiger partial charge is 0.316 e. The van der Waals surface area contributed by atoms with Crippen LogP contribution in [-0.4, -0.2) is 31.5 Å². The van der Waals surface area contributed by atoms with Gasteiger partial charge in [0.25, 0.3) is 5.91 Å². The SMILES string of the molecule is CCCCC1=NN2C(=N)C(=Cc3cc(C)n(-c4ccc(Cl)cc4Cl)c3C)C(=O)N=C2S1. The molecule has 160 valence electrons. The highest BCUT2D eigenvalue weighted by Gasteiger charge is 2.35. The van der Waals surface area contributed by atoms with E-state index >= 15 is 0 Å². The van der Waals surface area contributed by atoms with Crippen molar-refractivity contribution in [3.05, 3.63) is 56.8 Å². The smallest absolute Gasteiger partial charge is 0.283 e. The molecule has 0 radical (unpaired) electrons. The molecule has 1 aromatic carbocycles. The zero-order valence-electron chi connectivity index (χ0n) is 17.4. The van der Waals surface area contributed by atoms with E-state index in [1.165, 1.54) is 16.8 Å². The number of thioether (sulfide) groups is 1. The molecule has 0 atom stereocenters. The monoisotopic (exact) mass is 473 g/mol. The number of aromatic nitrogens is 1. The van der Waals surface area contributed by atoms with E-state index in [9.17, 15) is 4.79 Å². The van der Waals surface area contributed by atoms with E-state index in [1.807, 2.05) is 30.5 Å². The van der Waals surface area contributed by atoms with Crippen molar-refractivity contribution < 1.29 is 4.79 Å². The van der Waals surface area contributed by atoms with Gasteiger partial charge in [0.1, 0.15) is 5.04 Å². The predicted molar refractivity (Wildman–Crippen MR) is 130 cm³/mol. The van der Waals surface area contributed by atoms with Gasteiger partial charge < -0.3 is 4.57 Å². The van der Waals surface area contributed by atoms with Crippen molar-refractivity contribution in [2.75, 3.05) is 0 Å². The first-order valence-corrected chi connectivity index (χ1v) is 11.5. The average molecular weight is 474 g/mol. The van der Waals surface area contributed by atoms with E-state index in [0.29, 0.717) is 15.2 Å². The van der Waals surface area contributed by atoms with Gasteiger partial charge in [-0.3, -0.25) is 10.2 Å². The highest BCUT2D eigenvalue weighted by atomic mass is 35.5. The summed E-state index contributed by atoms with van der Waals surface area (Å²) < 4.78 is 2.00. The number of halogens is 2. The van der Waals surface area contributed by atoms with E-state index in [4.69, 9.17) is 28.6 Å². The van der Waals surface area contributed by atoms with Gasteiger partial charge in [0.05, 0.1) is 16.3 Å². The molecule has 1 aromatic heterocycles. The number of amidine groups is 2. The lowest BCUT2D eigenvalue weighted by molar-refractivity contribution is -0.114. The number of aryl methyl sites for hydroxylation is 1. The zero-order chi connectivity index (χ0) is 22.3. The van der Waals surface area contributed by atoms with Crippen LogP contribution in [0.2, 0.25) is 10.0 Å². The molecule has 0 fully saturated rings. The number of amides is 1. The van der Waals surface area contributed by atoms with Crippen LogP contribution in [0.3, 0.4) is 0 Å². The molecular formula is C22H21Cl2N5OS. The summed E-state index contributed by atoms with van der Waals surface area (Å²) in [5.74, 6) is -0.381. The molecule has 4 rings (SSSR count). The molecule has 9 heteroatoms. The highest BCUT2D eigenvalue weighted by molar-refractivity contribution is 8.26. The molecule has 31 heavy (non-hydrogen) atoms. The van der Waals surface area contributed by atoms with Gasteiger partial charge in [0.15, 0.2) is 5.84 Å². The number of unbranched alkanes of at least 4 members (excludes halogenated alkanes) is 1. The standard InChI is InChI=1S/C22H21Cl2N5OS/c1-4-5-6-19-27-29-20(25)16(21(30)26-22(29)31-19)10-14-9-12(2)28(13(14)3)18-8-7-15(23)11-17(18)24/h7-11,25H,4-6H2,1-3H3. The highest BCUT2D eigenvalue weighted by Crippen LogP contribution is 2.32. The number of rotatable bonds is 5. The van der Waals surface area contributed by atoms with Gasteiger partial charge >= 0.3 is 0 Å². The lowest BCUT2D eigenvalue weighted by Crippen LogP contribution is -2.35. The maximum Gasteiger partial charge on any atom is 0.283 e. The van der Waals surface area contributed by atoms with Gasteiger partial charge in [-0.15, -0.1) is 0 Å². The van der Waals surface area contributed by atoms with E-state index in [2.05, 4.69) is 17.0 Å². The van der Waals surface area contributed by atoms with Crippen LogP contribution in [0, 0.1) is 19.3 Å². The summed E-state index contributed by atoms with van der Waals surface area (Å²) >= 11 is 13.8. The van der Waals surface area contributed by atoms with Crippen molar-refractivity contribution in [3.8, 4) is 5.69 Å². The van der Waals surface area contributed by atoms with Gasteiger partial charge in [0, 0.05) is 16.4 Å². The molecule has 3 heterocycles. The first-order valence-electron chi connectivity index (χ1n) is 9.93. The number of benzene rings is 1. The molecule has 0 aliphatic carbocycles. The van der Waals surface area contributed by atoms with Crippen LogP contribution in [-0.2, 0) is 4.79 Å². The topological polar surface area (TPSA) is 73.8 Å². The summed E-state index contributed by atoms with van der Waals surface area (Å²) in [4.78, 5) is 16.9. The number of hydrogen-bond donors (Lipinski definition) is 1. The molecule has 2 aliphatic rings. The normalized spacial score (nSPS) is 17.3. The van der Waals surface area contributed by atoms with Crippen molar-refractivity contribution in [3.63, 3.8) is 0 Å². The molecule has 0 saturated heterocycles. The number of fused-ring (bicyclic) bond motifs is 1. The Morgan fingerprint density at radius 2 is 2.00 bits per heavy atom. The maximum atomic E-state index is 12.7. The van der Waals surface area contributed by atoms with Gasteiger partial charge in [-0.05, 0) is 74.4 Å². The van der Waals surface area contributed by atoms with Gasteiger partial charge in [-0.1, -0.05) is 36.5 Å². The second-order valence-electron chi connectivity index (χ2n) is 7.37. The lowest BCUT2D eigenvalue weighted by Gasteiger charge is -2.20. The molecule has 0 unspecified atom stereocenters. The number of carbonyl (C=O) groups excluding carboxylic acids is 1. The molecule has 0 saturated carbocycles. The first kappa shape index (κ1) is 21.9. The summed E-state index contributed by atoms with van der Waals surface area (Å²) in [6.45, 7) is 6.03. The molecule has 1 amide bonds. The number of hydrazone groups is 1. The minimum atomic E-state index is -0.426. The fourth-order valence-electron chi connectivity index (χ4n) is 3.58. The second kappa shape index (κ2) is 8.65. The Kier molecular flexibility index (Phi) is 6.10. The molecular weight excluding hydrogens is 453 g/mol. The van der Waals surface area contributed by atoms with E-state index < -0.39 is 5.91 Å². The van der Waals surface area contributed by atoms with Crippen LogP contribution in [0.5, 0.6) is 0 Å². The van der Waals surface area contributed by atoms with E-state index in [1.54, 1.807) is 18.2 Å². The maximum absolute atomic E-state index is 12.7. The van der Waals surface area contributed by atoms with Crippen molar-refractivity contribution >= 4 is 63.0 Å². The summed E-state index contributed by atoms with van der Waals surface area (Å²) in [6.07, 6.45) is 4.59. The minimum Gasteiger partial charge on any atom is -0.316 e. The molecule has 1 N–H and O–H groups in total. The molecule has 2 aliphatic heterocycles. The van der Waals surface area contributed by atoms with Crippen LogP contribution in [0.4, 0.5) is 0 Å². The van der Waals surface area contributed by atoms with Crippen molar-refractivity contribution in [2.45, 2.75) is 40.0 Å². The van der Waals surface area contributed by atoms with Crippen LogP contribution in [0.25, 0.3) is 11.8 Å². The molecule has 0 bridgehead atoms. The molecule has 2 aromatic rings. The van der Waals surface area contributed by atoms with E-state index in [0.717, 1.165) is 46.9 Å². The zero-order valence-corrected chi connectivity index (χ0v) is 19.7. The fraction of sp³-hybridized carbons (Fsp3) is 0.273. The van der Waals surface area contributed by atoms with Crippen molar-refractivity contribution in [2.24, 2.45) is 10.1 Å². The Bertz CT molecular complexity index is 1190. The Morgan fingerprint density at radius 3 is 2.71 bits per heavy atom. The van der Waals surface area contributed by atoms with Gasteiger partial charge in [-0.25, -0.2) is 0 Å². The van der Waals surface area contributed by atoms with Gasteiger partial charge in [-0.2, -0.15) is 15.1 Å². The molecule has 0 spiro atoms. The Morgan fingerprint density at radius 1 is 1.23 bits per heavy atom. The fourth-order valence-corrected chi connectivity index (χ4v) is 5.00. The third-order valence-electron chi connectivity index (χ3n) is 5.16. The second-order valence-corrected chi connectivity index (χ2v) is 9.26. The van der Waals surface area contributed by atoms with E-state index in [-0.39, 0.29) is 11.4 Å². The van der Waals surface area contributed by atoms with Crippen molar-refractivity contribution in [1.29, 1.82) is 5.41 Å². The first-order chi connectivity index (χ1) is 14.8. The third-order valence-corrected chi connectivity index (χ3v) is 6.67. The lowest BCUT2D eigenvalue weighted by atomic mass is 10.1. The molecule has 6 nitrogen and oxygen atoms in total. The number of carbonyl (C=O) groups is 1. The Balaban J connectivity index is 1.71. The van der Waals surface area contributed by atoms with Gasteiger partial charge in [0.2, 0.25) is 5.17 Å². The third kappa shape index (κ3) is 4.10. The number of hydrogen-bond acceptors (Lipinski definition) is 4. The Hall–Kier alpha value is -2.35. The minimum absolute atomic E-state index is 0.0447. The van der Waals surface area contributed by atoms with Crippen LogP contribution < -0.4 is 0 Å².